The smallest absolute Gasteiger partial charge is 0.137 e. The molecule has 0 bridgehead atoms. The third-order valence-corrected chi connectivity index (χ3v) is 23.0. The molecule has 6 heteroatoms. The zero-order valence-corrected chi connectivity index (χ0v) is 68.4. The molecule has 0 aliphatic rings. The molecule has 0 fully saturated rings. The predicted octanol–water partition coefficient (Wildman–Crippen LogP) is 30.2. The van der Waals surface area contributed by atoms with Crippen LogP contribution in [0.5, 0.6) is 0 Å². The van der Waals surface area contributed by atoms with Crippen molar-refractivity contribution in [2.45, 2.75) is 209 Å². The fourth-order valence-electron chi connectivity index (χ4n) is 16.1. The van der Waals surface area contributed by atoms with Crippen LogP contribution in [0, 0.1) is 0 Å². The summed E-state index contributed by atoms with van der Waals surface area (Å²) in [5, 5.41) is 11.3. The number of nitrogens with zero attached hydrogens (tertiary/aromatic N) is 4. The molecule has 0 amide bonds. The van der Waals surface area contributed by atoms with Gasteiger partial charge in [0, 0.05) is 101 Å². The van der Waals surface area contributed by atoms with Crippen molar-refractivity contribution in [1.29, 1.82) is 0 Å². The van der Waals surface area contributed by atoms with Gasteiger partial charge in [-0.05, 0) is 244 Å². The maximum Gasteiger partial charge on any atom is 0.137 e. The number of aromatic nitrogens is 2. The van der Waals surface area contributed by atoms with Gasteiger partial charge in [0.25, 0.3) is 0 Å². The topological polar surface area (TPSA) is 42.6 Å². The maximum atomic E-state index is 7.14. The lowest BCUT2D eigenvalue weighted by atomic mass is 9.80. The number of hydrogen-bond acceptors (Lipinski definition) is 4. The Morgan fingerprint density at radius 1 is 0.204 bits per heavy atom. The molecule has 0 radical (unpaired) electrons. The standard InChI is InChI=1S/C102H108N4O2/c1-95(2,3)63-45-64(96(4,5)6)50-75(49-63)103(71-35-39-89-83(57-71)79-29-25-27-31-87(79)105(89)77-53-67(99(13,14)15)47-68(54-77)100(16,17)18)73-33-37-81-85-41-61-44-92-86(42-62(61)43-91(85)107-93(81)59-73)82-38-34-74(60-94(82)108-92)104(76-51-65(97(7,8)9)46-66(52-76)98(10,11)12)72-36-40-90-84(58-72)80-30-26-28-32-88(80)106(90)78-55-69(101(19,20)21)48-70(56-78)102(22,23)24/h25-60H,1-24H3. The van der Waals surface area contributed by atoms with Crippen LogP contribution in [0.3, 0.4) is 0 Å². The Balaban J connectivity index is 0.828. The van der Waals surface area contributed by atoms with Gasteiger partial charge in [-0.15, -0.1) is 0 Å². The van der Waals surface area contributed by atoms with Gasteiger partial charge in [-0.25, -0.2) is 0 Å². The molecular formula is C102H108N4O2. The fraction of sp³-hybridized carbons (Fsp3) is 0.314. The zero-order chi connectivity index (χ0) is 76.8. The highest BCUT2D eigenvalue weighted by atomic mass is 16.3. The first kappa shape index (κ1) is 71.9. The molecule has 4 heterocycles. The van der Waals surface area contributed by atoms with Crippen molar-refractivity contribution >= 4 is 132 Å². The third-order valence-electron chi connectivity index (χ3n) is 23.0. The van der Waals surface area contributed by atoms with E-state index in [1.165, 1.54) is 99.5 Å². The second-order valence-electron chi connectivity index (χ2n) is 39.5. The summed E-state index contributed by atoms with van der Waals surface area (Å²) in [7, 11) is 0. The summed E-state index contributed by atoms with van der Waals surface area (Å²) in [6, 6.07) is 83.7. The Morgan fingerprint density at radius 2 is 0.463 bits per heavy atom. The Labute approximate surface area is 640 Å². The van der Waals surface area contributed by atoms with Crippen LogP contribution < -0.4 is 9.80 Å². The van der Waals surface area contributed by atoms with Crippen LogP contribution >= 0.6 is 0 Å². The van der Waals surface area contributed by atoms with Crippen molar-refractivity contribution in [3.05, 3.63) is 263 Å². The van der Waals surface area contributed by atoms with Gasteiger partial charge in [-0.1, -0.05) is 227 Å². The van der Waals surface area contributed by atoms with Crippen molar-refractivity contribution < 1.29 is 8.83 Å². The second kappa shape index (κ2) is 24.6. The molecule has 16 rings (SSSR count). The zero-order valence-electron chi connectivity index (χ0n) is 68.4. The molecule has 0 unspecified atom stereocenters. The lowest BCUT2D eigenvalue weighted by Gasteiger charge is -2.31. The van der Waals surface area contributed by atoms with Crippen LogP contribution in [0.25, 0.3) is 110 Å². The highest BCUT2D eigenvalue weighted by Gasteiger charge is 2.31. The van der Waals surface area contributed by atoms with E-state index in [0.29, 0.717) is 0 Å². The molecular weight excluding hydrogens is 1310 g/mol. The SMILES string of the molecule is CC(C)(C)c1cc(N(c2ccc3c(c2)oc2cc4cc5c(cc4cc23)oc2cc(N(c3cc(C(C)(C)C)cc(C(C)(C)C)c3)c3ccc4c(c3)c3ccccc3n4-c3cc(C(C)(C)C)cc(C(C)(C)C)c3)ccc25)c2ccc3c(c2)c2ccccc2n3-c2cc(C(C)(C)C)cc(C(C)(C)C)c2)cc(C(C)(C)C)c1. The molecule has 0 aliphatic carbocycles. The molecule has 0 spiro atoms. The normalized spacial score (nSPS) is 13.4. The van der Waals surface area contributed by atoms with Crippen LogP contribution in [0.15, 0.2) is 227 Å². The minimum Gasteiger partial charge on any atom is -0.456 e. The number of hydrogen-bond donors (Lipinski definition) is 0. The van der Waals surface area contributed by atoms with Gasteiger partial charge in [0.2, 0.25) is 0 Å². The van der Waals surface area contributed by atoms with Crippen LogP contribution in [0.2, 0.25) is 0 Å². The molecule has 548 valence electrons. The number of rotatable bonds is 8. The van der Waals surface area contributed by atoms with Crippen molar-refractivity contribution in [2.24, 2.45) is 0 Å². The first-order valence-corrected chi connectivity index (χ1v) is 39.1. The lowest BCUT2D eigenvalue weighted by molar-refractivity contribution is 0.567. The van der Waals surface area contributed by atoms with E-state index < -0.39 is 0 Å². The van der Waals surface area contributed by atoms with Crippen LogP contribution in [-0.2, 0) is 43.3 Å². The summed E-state index contributed by atoms with van der Waals surface area (Å²) in [6.45, 7) is 55.8. The van der Waals surface area contributed by atoms with Gasteiger partial charge >= 0.3 is 0 Å². The molecule has 4 aromatic heterocycles. The first-order valence-electron chi connectivity index (χ1n) is 39.1. The van der Waals surface area contributed by atoms with E-state index in [9.17, 15) is 0 Å². The molecule has 6 nitrogen and oxygen atoms in total. The largest absolute Gasteiger partial charge is 0.456 e. The number of furan rings is 2. The molecule has 0 atom stereocenters. The van der Waals surface area contributed by atoms with E-state index >= 15 is 0 Å². The van der Waals surface area contributed by atoms with Crippen molar-refractivity contribution in [3.63, 3.8) is 0 Å². The van der Waals surface area contributed by atoms with Crippen molar-refractivity contribution in [1.82, 2.24) is 9.13 Å². The average molecular weight is 1420 g/mol. The Morgan fingerprint density at radius 3 is 0.769 bits per heavy atom. The molecule has 0 aliphatic heterocycles. The van der Waals surface area contributed by atoms with E-state index in [2.05, 4.69) is 403 Å². The lowest BCUT2D eigenvalue weighted by Crippen LogP contribution is -2.19. The molecule has 108 heavy (non-hydrogen) atoms. The first-order chi connectivity index (χ1) is 50.5. The summed E-state index contributed by atoms with van der Waals surface area (Å²) < 4.78 is 19.3. The van der Waals surface area contributed by atoms with Crippen LogP contribution in [-0.4, -0.2) is 9.13 Å². The van der Waals surface area contributed by atoms with Gasteiger partial charge < -0.3 is 27.8 Å². The summed E-state index contributed by atoms with van der Waals surface area (Å²) in [5.41, 5.74) is 26.7. The van der Waals surface area contributed by atoms with E-state index in [-0.39, 0.29) is 43.3 Å². The summed E-state index contributed by atoms with van der Waals surface area (Å²) in [5.74, 6) is 0. The van der Waals surface area contributed by atoms with Crippen LogP contribution in [0.1, 0.15) is 211 Å². The van der Waals surface area contributed by atoms with E-state index in [4.69, 9.17) is 8.83 Å². The summed E-state index contributed by atoms with van der Waals surface area (Å²) in [6.07, 6.45) is 0. The Hall–Kier alpha value is -10.3. The maximum absolute atomic E-state index is 7.14. The Kier molecular flexibility index (Phi) is 16.4. The molecule has 16 aromatic rings. The predicted molar refractivity (Wildman–Crippen MR) is 466 cm³/mol. The number of fused-ring (bicyclic) bond motifs is 13. The fourth-order valence-corrected chi connectivity index (χ4v) is 16.1. The van der Waals surface area contributed by atoms with Crippen LogP contribution in [0.4, 0.5) is 34.1 Å². The summed E-state index contributed by atoms with van der Waals surface area (Å²) >= 11 is 0. The van der Waals surface area contributed by atoms with Crippen molar-refractivity contribution in [3.8, 4) is 11.4 Å². The molecule has 0 N–H and O–H groups in total. The van der Waals surface area contributed by atoms with Gasteiger partial charge in [-0.3, -0.25) is 0 Å². The third kappa shape index (κ3) is 12.7. The second-order valence-corrected chi connectivity index (χ2v) is 39.5. The van der Waals surface area contributed by atoms with Gasteiger partial charge in [0.05, 0.1) is 22.1 Å². The summed E-state index contributed by atoms with van der Waals surface area (Å²) in [4.78, 5) is 4.92. The molecule has 0 saturated carbocycles. The van der Waals surface area contributed by atoms with E-state index in [1.807, 2.05) is 0 Å². The highest BCUT2D eigenvalue weighted by Crippen LogP contribution is 2.49. The minimum atomic E-state index is -0.107. The van der Waals surface area contributed by atoms with Gasteiger partial charge in [0.1, 0.15) is 22.3 Å². The number of benzene rings is 12. The molecule has 12 aromatic carbocycles. The van der Waals surface area contributed by atoms with E-state index in [0.717, 1.165) is 88.8 Å². The Bertz CT molecular complexity index is 5820. The minimum absolute atomic E-state index is 0.0364. The number of anilines is 6. The van der Waals surface area contributed by atoms with Crippen molar-refractivity contribution in [2.75, 3.05) is 9.80 Å². The monoisotopic (exact) mass is 1420 g/mol. The highest BCUT2D eigenvalue weighted by molar-refractivity contribution is 6.17. The average Bonchev–Trinajstić information content (AvgIpc) is 1.54. The quantitative estimate of drug-likeness (QED) is 0.152. The molecule has 0 saturated heterocycles. The van der Waals surface area contributed by atoms with E-state index in [1.54, 1.807) is 0 Å². The number of para-hydroxylation sites is 2. The van der Waals surface area contributed by atoms with Gasteiger partial charge in [-0.2, -0.15) is 0 Å². The van der Waals surface area contributed by atoms with Gasteiger partial charge in [0.15, 0.2) is 0 Å².